The molecule has 0 saturated heterocycles. The summed E-state index contributed by atoms with van der Waals surface area (Å²) < 4.78 is 0. The van der Waals surface area contributed by atoms with Gasteiger partial charge in [0.2, 0.25) is 0 Å². The Morgan fingerprint density at radius 1 is 1.36 bits per heavy atom. The number of hydrogen-bond acceptors (Lipinski definition) is 4. The molecule has 0 heterocycles. The Balaban J connectivity index is 3.06. The van der Waals surface area contributed by atoms with Crippen molar-refractivity contribution in [3.05, 3.63) is 46.0 Å². The molecule has 1 aromatic rings. The number of rotatable bonds is 4. The van der Waals surface area contributed by atoms with Crippen LogP contribution in [0, 0.1) is 10.1 Å². The highest BCUT2D eigenvalue weighted by Crippen LogP contribution is 2.24. The van der Waals surface area contributed by atoms with E-state index in [1.807, 2.05) is 0 Å². The van der Waals surface area contributed by atoms with Crippen molar-refractivity contribution in [2.45, 2.75) is 12.1 Å². The van der Waals surface area contributed by atoms with Crippen LogP contribution in [-0.4, -0.2) is 21.7 Å². The van der Waals surface area contributed by atoms with Crippen LogP contribution in [0.3, 0.4) is 0 Å². The molecule has 5 nitrogen and oxygen atoms in total. The van der Waals surface area contributed by atoms with E-state index in [9.17, 15) is 15.2 Å². The van der Waals surface area contributed by atoms with Crippen LogP contribution < -0.4 is 0 Å². The molecule has 1 aromatic carbocycles. The van der Waals surface area contributed by atoms with Gasteiger partial charge in [-0.05, 0) is 12.1 Å². The average Bonchev–Trinajstić information content (AvgIpc) is 2.19. The number of aliphatic hydroxyl groups is 2. The number of aliphatic hydroxyl groups excluding tert-OH is 1. The van der Waals surface area contributed by atoms with E-state index in [2.05, 4.69) is 0 Å². The molecule has 0 spiro atoms. The minimum atomic E-state index is -2.18. The van der Waals surface area contributed by atoms with Crippen molar-refractivity contribution in [2.24, 2.45) is 0 Å². The molecule has 1 atom stereocenters. The maximum atomic E-state index is 10.7. The zero-order chi connectivity index (χ0) is 10.6. The predicted octanol–water partition coefficient (Wildman–Crippen LogP) is 0.491. The first-order chi connectivity index (χ1) is 6.61. The summed E-state index contributed by atoms with van der Waals surface area (Å²) in [5.41, 5.74) is -2.00. The molecule has 14 heavy (non-hydrogen) atoms. The van der Waals surface area contributed by atoms with Crippen LogP contribution in [0.1, 0.15) is 12.0 Å². The molecule has 1 unspecified atom stereocenters. The first kappa shape index (κ1) is 10.6. The topological polar surface area (TPSA) is 83.6 Å². The SMILES string of the molecule is O=[N+]([O-])C(O)(CCO)c1ccccc1. The number of benzene rings is 1. The molecule has 76 valence electrons. The van der Waals surface area contributed by atoms with Crippen molar-refractivity contribution in [1.82, 2.24) is 0 Å². The van der Waals surface area contributed by atoms with E-state index >= 15 is 0 Å². The Morgan fingerprint density at radius 2 is 1.93 bits per heavy atom. The number of nitrogens with zero attached hydrogens (tertiary/aromatic N) is 1. The second-order valence-electron chi connectivity index (χ2n) is 2.91. The van der Waals surface area contributed by atoms with Gasteiger partial charge in [-0.15, -0.1) is 0 Å². The lowest BCUT2D eigenvalue weighted by Gasteiger charge is -2.18. The van der Waals surface area contributed by atoms with Crippen LogP contribution in [0.25, 0.3) is 0 Å². The molecular formula is C9H11NO4. The fraction of sp³-hybridized carbons (Fsp3) is 0.333. The minimum absolute atomic E-state index is 0.180. The molecular weight excluding hydrogens is 186 g/mol. The van der Waals surface area contributed by atoms with Gasteiger partial charge < -0.3 is 10.2 Å². The summed E-state index contributed by atoms with van der Waals surface area (Å²) in [6, 6.07) is 7.81. The van der Waals surface area contributed by atoms with Crippen molar-refractivity contribution >= 4 is 0 Å². The lowest BCUT2D eigenvalue weighted by Crippen LogP contribution is -2.36. The lowest BCUT2D eigenvalue weighted by molar-refractivity contribution is -0.638. The van der Waals surface area contributed by atoms with Crippen LogP contribution in [0.2, 0.25) is 0 Å². The quantitative estimate of drug-likeness (QED) is 0.418. The third-order valence-electron chi connectivity index (χ3n) is 2.00. The van der Waals surface area contributed by atoms with Crippen molar-refractivity contribution < 1.29 is 15.1 Å². The zero-order valence-electron chi connectivity index (χ0n) is 7.46. The van der Waals surface area contributed by atoms with Gasteiger partial charge in [-0.25, -0.2) is 0 Å². The molecule has 0 aromatic heterocycles. The van der Waals surface area contributed by atoms with E-state index in [1.165, 1.54) is 12.1 Å². The smallest absolute Gasteiger partial charge is 0.351 e. The maximum absolute atomic E-state index is 10.7. The van der Waals surface area contributed by atoms with Crippen molar-refractivity contribution in [3.8, 4) is 0 Å². The van der Waals surface area contributed by atoms with Crippen molar-refractivity contribution in [3.63, 3.8) is 0 Å². The zero-order valence-corrected chi connectivity index (χ0v) is 7.46. The fourth-order valence-electron chi connectivity index (χ4n) is 1.20. The molecule has 0 saturated carbocycles. The molecule has 2 N–H and O–H groups in total. The summed E-state index contributed by atoms with van der Waals surface area (Å²) in [5.74, 6) is 0. The van der Waals surface area contributed by atoms with Gasteiger partial charge in [0.05, 0.1) is 23.5 Å². The van der Waals surface area contributed by atoms with E-state index in [1.54, 1.807) is 18.2 Å². The van der Waals surface area contributed by atoms with E-state index in [0.717, 1.165) is 0 Å². The summed E-state index contributed by atoms with van der Waals surface area (Å²) in [6.45, 7) is -0.438. The summed E-state index contributed by atoms with van der Waals surface area (Å²) >= 11 is 0. The van der Waals surface area contributed by atoms with Gasteiger partial charge in [-0.3, -0.25) is 10.1 Å². The summed E-state index contributed by atoms with van der Waals surface area (Å²) in [5, 5.41) is 29.0. The Bertz CT molecular complexity index is 314. The maximum Gasteiger partial charge on any atom is 0.351 e. The lowest BCUT2D eigenvalue weighted by atomic mass is 10.0. The van der Waals surface area contributed by atoms with E-state index in [-0.39, 0.29) is 12.0 Å². The van der Waals surface area contributed by atoms with E-state index in [0.29, 0.717) is 0 Å². The number of hydrogen-bond donors (Lipinski definition) is 2. The molecule has 0 aliphatic heterocycles. The van der Waals surface area contributed by atoms with E-state index in [4.69, 9.17) is 5.11 Å². The minimum Gasteiger partial charge on any atom is -0.396 e. The molecule has 1 rings (SSSR count). The Morgan fingerprint density at radius 3 is 2.36 bits per heavy atom. The summed E-state index contributed by atoms with van der Waals surface area (Å²) in [7, 11) is 0. The standard InChI is InChI=1S/C9H11NO4/c11-7-6-9(12,10(13)14)8-4-2-1-3-5-8/h1-5,11-12H,6-7H2. The van der Waals surface area contributed by atoms with Gasteiger partial charge in [0.15, 0.2) is 0 Å². The van der Waals surface area contributed by atoms with Gasteiger partial charge >= 0.3 is 5.72 Å². The summed E-state index contributed by atoms with van der Waals surface area (Å²) in [6.07, 6.45) is -0.315. The van der Waals surface area contributed by atoms with Crippen LogP contribution in [0.5, 0.6) is 0 Å². The van der Waals surface area contributed by atoms with Crippen LogP contribution >= 0.6 is 0 Å². The average molecular weight is 197 g/mol. The highest BCUT2D eigenvalue weighted by atomic mass is 16.7. The van der Waals surface area contributed by atoms with Gasteiger partial charge in [0.1, 0.15) is 0 Å². The first-order valence-electron chi connectivity index (χ1n) is 4.14. The van der Waals surface area contributed by atoms with E-state index < -0.39 is 17.3 Å². The van der Waals surface area contributed by atoms with Crippen LogP contribution in [-0.2, 0) is 5.72 Å². The van der Waals surface area contributed by atoms with Gasteiger partial charge in [-0.2, -0.15) is 0 Å². The van der Waals surface area contributed by atoms with Gasteiger partial charge in [0, 0.05) is 0 Å². The Hall–Kier alpha value is -1.46. The predicted molar refractivity (Wildman–Crippen MR) is 49.0 cm³/mol. The molecule has 0 bridgehead atoms. The van der Waals surface area contributed by atoms with Gasteiger partial charge in [0.25, 0.3) is 0 Å². The second kappa shape index (κ2) is 4.17. The van der Waals surface area contributed by atoms with Gasteiger partial charge in [-0.1, -0.05) is 18.2 Å². The van der Waals surface area contributed by atoms with Crippen molar-refractivity contribution in [2.75, 3.05) is 6.61 Å². The monoisotopic (exact) mass is 197 g/mol. The largest absolute Gasteiger partial charge is 0.396 e. The molecule has 0 fully saturated rings. The second-order valence-corrected chi connectivity index (χ2v) is 2.91. The fourth-order valence-corrected chi connectivity index (χ4v) is 1.20. The molecule has 0 aliphatic carbocycles. The Labute approximate surface area is 80.8 Å². The Kier molecular flexibility index (Phi) is 3.16. The van der Waals surface area contributed by atoms with Crippen molar-refractivity contribution in [1.29, 1.82) is 0 Å². The highest BCUT2D eigenvalue weighted by molar-refractivity contribution is 5.19. The normalized spacial score (nSPS) is 14.7. The van der Waals surface area contributed by atoms with Crippen LogP contribution in [0.4, 0.5) is 0 Å². The highest BCUT2D eigenvalue weighted by Gasteiger charge is 2.41. The molecule has 0 radical (unpaired) electrons. The third-order valence-corrected chi connectivity index (χ3v) is 2.00. The number of nitro groups is 1. The molecule has 5 heteroatoms. The third kappa shape index (κ3) is 1.89. The first-order valence-corrected chi connectivity index (χ1v) is 4.14. The molecule has 0 aliphatic rings. The summed E-state index contributed by atoms with van der Waals surface area (Å²) in [4.78, 5) is 9.86. The van der Waals surface area contributed by atoms with Crippen LogP contribution in [0.15, 0.2) is 30.3 Å². The molecule has 0 amide bonds.